The van der Waals surface area contributed by atoms with E-state index >= 15 is 0 Å². The van der Waals surface area contributed by atoms with Gasteiger partial charge in [0.1, 0.15) is 0 Å². The van der Waals surface area contributed by atoms with E-state index in [9.17, 15) is 8.42 Å². The highest BCUT2D eigenvalue weighted by Gasteiger charge is 2.13. The Morgan fingerprint density at radius 2 is 1.59 bits per heavy atom. The van der Waals surface area contributed by atoms with Crippen LogP contribution in [0.5, 0.6) is 0 Å². The van der Waals surface area contributed by atoms with Crippen LogP contribution in [0.25, 0.3) is 11.4 Å². The third kappa shape index (κ3) is 5.01. The van der Waals surface area contributed by atoms with Crippen LogP contribution in [0, 0.1) is 0 Å². The summed E-state index contributed by atoms with van der Waals surface area (Å²) >= 11 is 0. The van der Waals surface area contributed by atoms with Crippen molar-refractivity contribution in [3.05, 3.63) is 54.6 Å². The number of aromatic nitrogens is 3. The van der Waals surface area contributed by atoms with Crippen LogP contribution >= 0.6 is 0 Å². The number of benzene rings is 2. The Morgan fingerprint density at radius 1 is 0.889 bits per heavy atom. The number of sulfone groups is 1. The number of anilines is 3. The molecule has 8 heteroatoms. The third-order valence-electron chi connectivity index (χ3n) is 3.60. The fourth-order valence-electron chi connectivity index (χ4n) is 2.40. The average Bonchev–Trinajstić information content (AvgIpc) is 2.61. The zero-order chi connectivity index (χ0) is 19.4. The molecule has 7 nitrogen and oxygen atoms in total. The van der Waals surface area contributed by atoms with Crippen molar-refractivity contribution in [3.63, 3.8) is 0 Å². The van der Waals surface area contributed by atoms with Gasteiger partial charge in [0.25, 0.3) is 0 Å². The molecule has 0 saturated carbocycles. The zero-order valence-corrected chi connectivity index (χ0v) is 16.2. The first-order valence-electron chi connectivity index (χ1n) is 8.46. The highest BCUT2D eigenvalue weighted by molar-refractivity contribution is 7.90. The predicted octanol–water partition coefficient (Wildman–Crippen LogP) is 3.51. The van der Waals surface area contributed by atoms with Crippen molar-refractivity contribution in [3.8, 4) is 11.4 Å². The van der Waals surface area contributed by atoms with E-state index in [4.69, 9.17) is 0 Å². The first-order chi connectivity index (χ1) is 12.8. The molecule has 0 amide bonds. The van der Waals surface area contributed by atoms with Crippen molar-refractivity contribution in [2.24, 2.45) is 0 Å². The molecular formula is C19H21N5O2S. The highest BCUT2D eigenvalue weighted by Crippen LogP contribution is 2.23. The van der Waals surface area contributed by atoms with Crippen LogP contribution in [0.1, 0.15) is 13.8 Å². The van der Waals surface area contributed by atoms with Gasteiger partial charge in [-0.1, -0.05) is 30.3 Å². The van der Waals surface area contributed by atoms with Crippen LogP contribution in [0.15, 0.2) is 59.5 Å². The summed E-state index contributed by atoms with van der Waals surface area (Å²) in [5.74, 6) is 1.18. The molecule has 2 aromatic carbocycles. The molecule has 0 spiro atoms. The van der Waals surface area contributed by atoms with E-state index in [0.29, 0.717) is 23.3 Å². The Labute approximate surface area is 158 Å². The van der Waals surface area contributed by atoms with Crippen LogP contribution in [0.3, 0.4) is 0 Å². The van der Waals surface area contributed by atoms with Gasteiger partial charge in [0.2, 0.25) is 11.9 Å². The van der Waals surface area contributed by atoms with Crippen molar-refractivity contribution in [2.75, 3.05) is 16.9 Å². The molecule has 1 aromatic heterocycles. The standard InChI is InChI=1S/C19H21N5O2S/c1-13(2)20-18-22-17(14-8-7-11-16(12-14)27(3,25)26)23-19(24-18)21-15-9-5-4-6-10-15/h4-13H,1-3H3,(H2,20,21,22,23,24). The quantitative estimate of drug-likeness (QED) is 0.672. The van der Waals surface area contributed by atoms with E-state index in [1.807, 2.05) is 44.2 Å². The maximum atomic E-state index is 11.9. The Kier molecular flexibility index (Phi) is 5.36. The smallest absolute Gasteiger partial charge is 0.232 e. The van der Waals surface area contributed by atoms with Crippen LogP contribution < -0.4 is 10.6 Å². The van der Waals surface area contributed by atoms with Gasteiger partial charge in [-0.15, -0.1) is 0 Å². The van der Waals surface area contributed by atoms with Gasteiger partial charge in [-0.25, -0.2) is 8.42 Å². The van der Waals surface area contributed by atoms with Crippen molar-refractivity contribution < 1.29 is 8.42 Å². The van der Waals surface area contributed by atoms with Crippen molar-refractivity contribution in [2.45, 2.75) is 24.8 Å². The van der Waals surface area contributed by atoms with Crippen LogP contribution in [-0.2, 0) is 9.84 Å². The van der Waals surface area contributed by atoms with Crippen molar-refractivity contribution in [1.29, 1.82) is 0 Å². The Bertz CT molecular complexity index is 1040. The number of nitrogens with one attached hydrogen (secondary N) is 2. The number of para-hydroxylation sites is 1. The minimum Gasteiger partial charge on any atom is -0.352 e. The number of nitrogens with zero attached hydrogens (tertiary/aromatic N) is 3. The van der Waals surface area contributed by atoms with Crippen LogP contribution in [0.4, 0.5) is 17.6 Å². The van der Waals surface area contributed by atoms with Gasteiger partial charge in [0.05, 0.1) is 4.90 Å². The van der Waals surface area contributed by atoms with Crippen LogP contribution in [-0.4, -0.2) is 35.7 Å². The molecule has 2 N–H and O–H groups in total. The lowest BCUT2D eigenvalue weighted by molar-refractivity contribution is 0.602. The first kappa shape index (κ1) is 18.8. The molecule has 1 heterocycles. The number of hydrogen-bond donors (Lipinski definition) is 2. The Balaban J connectivity index is 2.05. The second-order valence-electron chi connectivity index (χ2n) is 6.40. The lowest BCUT2D eigenvalue weighted by Crippen LogP contribution is -2.14. The zero-order valence-electron chi connectivity index (χ0n) is 15.3. The molecule has 0 atom stereocenters. The van der Waals surface area contributed by atoms with Crippen molar-refractivity contribution in [1.82, 2.24) is 15.0 Å². The molecule has 0 radical (unpaired) electrons. The molecule has 0 aliphatic carbocycles. The second kappa shape index (κ2) is 7.71. The minimum atomic E-state index is -3.32. The largest absolute Gasteiger partial charge is 0.352 e. The molecule has 27 heavy (non-hydrogen) atoms. The summed E-state index contributed by atoms with van der Waals surface area (Å²) in [5.41, 5.74) is 1.44. The summed E-state index contributed by atoms with van der Waals surface area (Å²) in [6.45, 7) is 3.97. The summed E-state index contributed by atoms with van der Waals surface area (Å²) in [7, 11) is -3.32. The predicted molar refractivity (Wildman–Crippen MR) is 107 cm³/mol. The molecule has 3 aromatic rings. The van der Waals surface area contributed by atoms with E-state index in [1.165, 1.54) is 6.26 Å². The Morgan fingerprint density at radius 3 is 2.26 bits per heavy atom. The number of rotatable bonds is 6. The molecule has 0 saturated heterocycles. The molecule has 0 fully saturated rings. The highest BCUT2D eigenvalue weighted by atomic mass is 32.2. The topological polar surface area (TPSA) is 96.9 Å². The fourth-order valence-corrected chi connectivity index (χ4v) is 3.07. The van der Waals surface area contributed by atoms with E-state index in [1.54, 1.807) is 24.3 Å². The molecular weight excluding hydrogens is 362 g/mol. The van der Waals surface area contributed by atoms with Gasteiger partial charge in [-0.05, 0) is 38.1 Å². The van der Waals surface area contributed by atoms with Gasteiger partial charge in [0.15, 0.2) is 15.7 Å². The first-order valence-corrected chi connectivity index (χ1v) is 10.4. The van der Waals surface area contributed by atoms with E-state index in [0.717, 1.165) is 5.69 Å². The molecule has 0 aliphatic heterocycles. The van der Waals surface area contributed by atoms with Gasteiger partial charge >= 0.3 is 0 Å². The van der Waals surface area contributed by atoms with Gasteiger partial charge in [0, 0.05) is 23.5 Å². The maximum absolute atomic E-state index is 11.9. The lowest BCUT2D eigenvalue weighted by Gasteiger charge is -2.12. The maximum Gasteiger partial charge on any atom is 0.232 e. The van der Waals surface area contributed by atoms with E-state index in [-0.39, 0.29) is 10.9 Å². The van der Waals surface area contributed by atoms with E-state index < -0.39 is 9.84 Å². The molecule has 140 valence electrons. The molecule has 3 rings (SSSR count). The summed E-state index contributed by atoms with van der Waals surface area (Å²) in [5, 5.41) is 6.32. The normalized spacial score (nSPS) is 11.4. The SMILES string of the molecule is CC(C)Nc1nc(Nc2ccccc2)nc(-c2cccc(S(C)(=O)=O)c2)n1. The molecule has 0 unspecified atom stereocenters. The fraction of sp³-hybridized carbons (Fsp3) is 0.211. The summed E-state index contributed by atoms with van der Waals surface area (Å²) in [4.78, 5) is 13.5. The summed E-state index contributed by atoms with van der Waals surface area (Å²) in [6.07, 6.45) is 1.17. The third-order valence-corrected chi connectivity index (χ3v) is 4.71. The molecule has 0 bridgehead atoms. The van der Waals surface area contributed by atoms with Crippen LogP contribution in [0.2, 0.25) is 0 Å². The lowest BCUT2D eigenvalue weighted by atomic mass is 10.2. The van der Waals surface area contributed by atoms with Gasteiger partial charge in [-0.3, -0.25) is 0 Å². The summed E-state index contributed by atoms with van der Waals surface area (Å²) < 4.78 is 23.7. The summed E-state index contributed by atoms with van der Waals surface area (Å²) in [6, 6.07) is 16.3. The van der Waals surface area contributed by atoms with Gasteiger partial charge in [-0.2, -0.15) is 15.0 Å². The number of hydrogen-bond acceptors (Lipinski definition) is 7. The second-order valence-corrected chi connectivity index (χ2v) is 8.41. The van der Waals surface area contributed by atoms with E-state index in [2.05, 4.69) is 25.6 Å². The van der Waals surface area contributed by atoms with Crippen molar-refractivity contribution >= 4 is 27.4 Å². The molecule has 0 aliphatic rings. The monoisotopic (exact) mass is 383 g/mol. The van der Waals surface area contributed by atoms with Gasteiger partial charge < -0.3 is 10.6 Å². The average molecular weight is 383 g/mol. The minimum absolute atomic E-state index is 0.132. The Hall–Kier alpha value is -3.00.